The first-order chi connectivity index (χ1) is 11.7. The van der Waals surface area contributed by atoms with Crippen molar-refractivity contribution in [1.29, 1.82) is 0 Å². The zero-order chi connectivity index (χ0) is 16.7. The molecule has 0 aromatic rings. The molecule has 0 aromatic heterocycles. The number of hydrogen-bond donors (Lipinski definition) is 0. The molecule has 0 spiro atoms. The van der Waals surface area contributed by atoms with Gasteiger partial charge in [-0.3, -0.25) is 0 Å². The molecule has 24 heavy (non-hydrogen) atoms. The predicted octanol–water partition coefficient (Wildman–Crippen LogP) is 5.24. The number of rotatable bonds is 4. The Bertz CT molecular complexity index is 466. The molecule has 1 heterocycles. The molecule has 0 aromatic carbocycles. The van der Waals surface area contributed by atoms with E-state index < -0.39 is 0 Å². The highest BCUT2D eigenvalue weighted by molar-refractivity contribution is 5.68. The van der Waals surface area contributed by atoms with Gasteiger partial charge in [-0.2, -0.15) is 0 Å². The van der Waals surface area contributed by atoms with Crippen LogP contribution in [0.15, 0.2) is 0 Å². The molecule has 1 amide bonds. The molecule has 0 N–H and O–H groups in total. The van der Waals surface area contributed by atoms with Gasteiger partial charge in [-0.1, -0.05) is 20.3 Å². The van der Waals surface area contributed by atoms with Crippen LogP contribution in [0.3, 0.4) is 0 Å². The summed E-state index contributed by atoms with van der Waals surface area (Å²) in [4.78, 5) is 14.8. The highest BCUT2D eigenvalue weighted by Crippen LogP contribution is 2.64. The summed E-state index contributed by atoms with van der Waals surface area (Å²) in [6.07, 6.45) is 12.6. The van der Waals surface area contributed by atoms with Crippen molar-refractivity contribution in [2.45, 2.75) is 83.7 Å². The maximum absolute atomic E-state index is 12.8. The molecular weight excluding hydrogens is 298 g/mol. The van der Waals surface area contributed by atoms with E-state index in [1.165, 1.54) is 38.5 Å². The SMILES string of the molecule is CCC(CC)(OC(=O)N1CCCCC1)C1CC2CC1C1CCCC21. The van der Waals surface area contributed by atoms with Crippen molar-refractivity contribution in [3.63, 3.8) is 0 Å². The van der Waals surface area contributed by atoms with Crippen molar-refractivity contribution in [3.8, 4) is 0 Å². The lowest BCUT2D eigenvalue weighted by atomic mass is 9.67. The fourth-order valence-corrected chi connectivity index (χ4v) is 6.98. The molecule has 3 heteroatoms. The lowest BCUT2D eigenvalue weighted by Gasteiger charge is -2.45. The molecular formula is C21H35NO2. The number of likely N-dealkylation sites (tertiary alicyclic amines) is 1. The Morgan fingerprint density at radius 2 is 1.67 bits per heavy atom. The molecule has 136 valence electrons. The second-order valence-electron chi connectivity index (χ2n) is 8.95. The number of fused-ring (bicyclic) bond motifs is 5. The molecule has 4 rings (SSSR count). The first-order valence-corrected chi connectivity index (χ1v) is 10.7. The maximum atomic E-state index is 12.8. The highest BCUT2D eigenvalue weighted by atomic mass is 16.6. The highest BCUT2D eigenvalue weighted by Gasteiger charge is 2.59. The topological polar surface area (TPSA) is 29.5 Å². The van der Waals surface area contributed by atoms with Crippen LogP contribution in [0, 0.1) is 29.6 Å². The van der Waals surface area contributed by atoms with Crippen LogP contribution in [-0.4, -0.2) is 29.7 Å². The minimum Gasteiger partial charge on any atom is -0.443 e. The number of carbonyl (C=O) groups excluding carboxylic acids is 1. The van der Waals surface area contributed by atoms with Gasteiger partial charge in [0.15, 0.2) is 0 Å². The minimum atomic E-state index is -0.207. The molecule has 1 aliphatic heterocycles. The first-order valence-electron chi connectivity index (χ1n) is 10.7. The van der Waals surface area contributed by atoms with Crippen LogP contribution in [0.25, 0.3) is 0 Å². The standard InChI is InChI=1S/C21H35NO2/c1-3-21(4-2,24-20(23)22-11-6-5-7-12-22)19-14-15-13-18(19)17-10-8-9-16(15)17/h15-19H,3-14H2,1-2H3. The summed E-state index contributed by atoms with van der Waals surface area (Å²) in [6, 6.07) is 0. The average Bonchev–Trinajstić information content (AvgIpc) is 3.33. The van der Waals surface area contributed by atoms with Crippen molar-refractivity contribution >= 4 is 6.09 Å². The van der Waals surface area contributed by atoms with E-state index in [0.717, 1.165) is 62.4 Å². The second kappa shape index (κ2) is 6.53. The van der Waals surface area contributed by atoms with Crippen molar-refractivity contribution < 1.29 is 9.53 Å². The lowest BCUT2D eigenvalue weighted by molar-refractivity contribution is -0.0825. The summed E-state index contributed by atoms with van der Waals surface area (Å²) in [5.41, 5.74) is -0.207. The normalized spacial score (nSPS) is 38.4. The van der Waals surface area contributed by atoms with E-state index in [2.05, 4.69) is 13.8 Å². The number of piperidine rings is 1. The molecule has 1 saturated heterocycles. The molecule has 4 aliphatic rings. The Balaban J connectivity index is 1.50. The predicted molar refractivity (Wildman–Crippen MR) is 95.8 cm³/mol. The summed E-state index contributed by atoms with van der Waals surface area (Å²) in [5, 5.41) is 0. The number of amides is 1. The van der Waals surface area contributed by atoms with Crippen molar-refractivity contribution in [3.05, 3.63) is 0 Å². The zero-order valence-corrected chi connectivity index (χ0v) is 15.6. The van der Waals surface area contributed by atoms with Gasteiger partial charge in [0, 0.05) is 19.0 Å². The Hall–Kier alpha value is -0.730. The van der Waals surface area contributed by atoms with E-state index in [1.807, 2.05) is 4.90 Å². The monoisotopic (exact) mass is 333 g/mol. The molecule has 3 saturated carbocycles. The number of carbonyl (C=O) groups is 1. The smallest absolute Gasteiger partial charge is 0.410 e. The van der Waals surface area contributed by atoms with Gasteiger partial charge >= 0.3 is 6.09 Å². The molecule has 5 atom stereocenters. The van der Waals surface area contributed by atoms with Gasteiger partial charge in [0.1, 0.15) is 5.60 Å². The summed E-state index contributed by atoms with van der Waals surface area (Å²) in [7, 11) is 0. The van der Waals surface area contributed by atoms with Gasteiger partial charge in [-0.05, 0) is 81.5 Å². The quantitative estimate of drug-likeness (QED) is 0.704. The largest absolute Gasteiger partial charge is 0.443 e. The van der Waals surface area contributed by atoms with Crippen molar-refractivity contribution in [1.82, 2.24) is 4.90 Å². The molecule has 3 aliphatic carbocycles. The number of hydrogen-bond acceptors (Lipinski definition) is 2. The summed E-state index contributed by atoms with van der Waals surface area (Å²) in [6.45, 7) is 6.27. The third kappa shape index (κ3) is 2.57. The van der Waals surface area contributed by atoms with Gasteiger partial charge in [0.2, 0.25) is 0 Å². The van der Waals surface area contributed by atoms with Gasteiger partial charge in [0.05, 0.1) is 0 Å². The zero-order valence-electron chi connectivity index (χ0n) is 15.6. The van der Waals surface area contributed by atoms with Crippen LogP contribution in [0.2, 0.25) is 0 Å². The van der Waals surface area contributed by atoms with E-state index in [9.17, 15) is 4.79 Å². The molecule has 3 nitrogen and oxygen atoms in total. The average molecular weight is 334 g/mol. The fourth-order valence-electron chi connectivity index (χ4n) is 6.98. The first kappa shape index (κ1) is 16.7. The van der Waals surface area contributed by atoms with Crippen LogP contribution < -0.4 is 0 Å². The second-order valence-corrected chi connectivity index (χ2v) is 8.95. The Morgan fingerprint density at radius 1 is 0.958 bits per heavy atom. The van der Waals surface area contributed by atoms with Gasteiger partial charge < -0.3 is 9.64 Å². The number of nitrogens with zero attached hydrogens (tertiary/aromatic N) is 1. The third-order valence-corrected chi connectivity index (χ3v) is 8.21. The Kier molecular flexibility index (Phi) is 4.55. The molecule has 0 radical (unpaired) electrons. The van der Waals surface area contributed by atoms with Crippen molar-refractivity contribution in [2.75, 3.05) is 13.1 Å². The third-order valence-electron chi connectivity index (χ3n) is 8.21. The molecule has 5 unspecified atom stereocenters. The van der Waals surface area contributed by atoms with Crippen LogP contribution in [0.4, 0.5) is 4.79 Å². The Morgan fingerprint density at radius 3 is 2.38 bits per heavy atom. The summed E-state index contributed by atoms with van der Waals surface area (Å²) < 4.78 is 6.35. The van der Waals surface area contributed by atoms with Gasteiger partial charge in [-0.25, -0.2) is 4.79 Å². The minimum absolute atomic E-state index is 0.0239. The van der Waals surface area contributed by atoms with E-state index >= 15 is 0 Å². The molecule has 4 fully saturated rings. The van der Waals surface area contributed by atoms with Gasteiger partial charge in [0.25, 0.3) is 0 Å². The molecule has 2 bridgehead atoms. The van der Waals surface area contributed by atoms with Crippen molar-refractivity contribution in [2.24, 2.45) is 29.6 Å². The van der Waals surface area contributed by atoms with Gasteiger partial charge in [-0.15, -0.1) is 0 Å². The van der Waals surface area contributed by atoms with Crippen LogP contribution in [0.1, 0.15) is 78.1 Å². The lowest BCUT2D eigenvalue weighted by Crippen LogP contribution is -2.49. The Labute approximate surface area is 147 Å². The maximum Gasteiger partial charge on any atom is 0.410 e. The van der Waals surface area contributed by atoms with E-state index in [0.29, 0.717) is 5.92 Å². The van der Waals surface area contributed by atoms with E-state index in [4.69, 9.17) is 4.74 Å². The number of ether oxygens (including phenoxy) is 1. The van der Waals surface area contributed by atoms with Crippen LogP contribution >= 0.6 is 0 Å². The van der Waals surface area contributed by atoms with E-state index in [-0.39, 0.29) is 11.7 Å². The fraction of sp³-hybridized carbons (Fsp3) is 0.952. The van der Waals surface area contributed by atoms with E-state index in [1.54, 1.807) is 0 Å². The summed E-state index contributed by atoms with van der Waals surface area (Å²) in [5.74, 6) is 4.33. The van der Waals surface area contributed by atoms with Crippen LogP contribution in [0.5, 0.6) is 0 Å². The van der Waals surface area contributed by atoms with Crippen LogP contribution in [-0.2, 0) is 4.74 Å². The summed E-state index contributed by atoms with van der Waals surface area (Å²) >= 11 is 0.